The highest BCUT2D eigenvalue weighted by Gasteiger charge is 2.23. The second-order valence-corrected chi connectivity index (χ2v) is 5.75. The van der Waals surface area contributed by atoms with Crippen LogP contribution in [0.5, 0.6) is 0 Å². The van der Waals surface area contributed by atoms with Crippen LogP contribution in [-0.4, -0.2) is 30.1 Å². The minimum Gasteiger partial charge on any atom is -0.313 e. The van der Waals surface area contributed by atoms with Crippen LogP contribution in [0, 0.1) is 5.82 Å². The van der Waals surface area contributed by atoms with Crippen LogP contribution in [-0.2, 0) is 6.54 Å². The number of halogens is 2. The van der Waals surface area contributed by atoms with E-state index in [0.29, 0.717) is 24.2 Å². The Morgan fingerprint density at radius 1 is 1.47 bits per heavy atom. The van der Waals surface area contributed by atoms with Crippen LogP contribution < -0.4 is 5.32 Å². The molecule has 1 aliphatic heterocycles. The molecule has 1 heterocycles. The molecule has 1 aromatic rings. The minimum absolute atomic E-state index is 0.213. The Labute approximate surface area is 119 Å². The van der Waals surface area contributed by atoms with Crippen LogP contribution in [0.25, 0.3) is 0 Å². The Bertz CT molecular complexity index is 425. The molecule has 106 valence electrons. The average Bonchev–Trinajstić information content (AvgIpc) is 2.57. The molecule has 2 atom stereocenters. The Hall–Kier alpha value is -0.640. The predicted octanol–water partition coefficient (Wildman–Crippen LogP) is 3.44. The Balaban J connectivity index is 2.12. The van der Waals surface area contributed by atoms with Crippen LogP contribution in [0.4, 0.5) is 4.39 Å². The standard InChI is InChI=1S/C15H22ClFN2/c1-3-13-10-19(11(2)7-8-18-13)9-12-5-4-6-14(16)15(12)17/h4-6,11,13,18H,3,7-10H2,1-2H3. The van der Waals surface area contributed by atoms with Gasteiger partial charge in [-0.05, 0) is 32.4 Å². The van der Waals surface area contributed by atoms with E-state index in [1.54, 1.807) is 6.07 Å². The van der Waals surface area contributed by atoms with Gasteiger partial charge in [0, 0.05) is 30.7 Å². The number of rotatable bonds is 3. The maximum atomic E-state index is 14.0. The lowest BCUT2D eigenvalue weighted by Crippen LogP contribution is -2.39. The van der Waals surface area contributed by atoms with Gasteiger partial charge in [0.15, 0.2) is 0 Å². The normalized spacial score (nSPS) is 25.3. The van der Waals surface area contributed by atoms with Crippen LogP contribution in [0.15, 0.2) is 18.2 Å². The summed E-state index contributed by atoms with van der Waals surface area (Å²) < 4.78 is 14.0. The number of hydrogen-bond acceptors (Lipinski definition) is 2. The van der Waals surface area contributed by atoms with Gasteiger partial charge >= 0.3 is 0 Å². The van der Waals surface area contributed by atoms with E-state index < -0.39 is 0 Å². The third-order valence-electron chi connectivity index (χ3n) is 3.97. The zero-order valence-electron chi connectivity index (χ0n) is 11.6. The topological polar surface area (TPSA) is 15.3 Å². The molecule has 2 unspecified atom stereocenters. The first kappa shape index (κ1) is 14.8. The van der Waals surface area contributed by atoms with Gasteiger partial charge in [0.05, 0.1) is 5.02 Å². The van der Waals surface area contributed by atoms with Crippen molar-refractivity contribution in [2.75, 3.05) is 13.1 Å². The van der Waals surface area contributed by atoms with E-state index in [-0.39, 0.29) is 10.8 Å². The van der Waals surface area contributed by atoms with Gasteiger partial charge in [-0.2, -0.15) is 0 Å². The molecule has 1 aromatic carbocycles. The highest BCUT2D eigenvalue weighted by atomic mass is 35.5. The van der Waals surface area contributed by atoms with E-state index in [9.17, 15) is 4.39 Å². The highest BCUT2D eigenvalue weighted by molar-refractivity contribution is 6.30. The van der Waals surface area contributed by atoms with E-state index >= 15 is 0 Å². The van der Waals surface area contributed by atoms with Gasteiger partial charge in [0.1, 0.15) is 5.82 Å². The molecule has 1 saturated heterocycles. The van der Waals surface area contributed by atoms with Crippen molar-refractivity contribution in [1.82, 2.24) is 10.2 Å². The average molecular weight is 285 g/mol. The zero-order chi connectivity index (χ0) is 13.8. The van der Waals surface area contributed by atoms with Crippen LogP contribution in [0.1, 0.15) is 32.3 Å². The first-order chi connectivity index (χ1) is 9.11. The van der Waals surface area contributed by atoms with E-state index in [1.165, 1.54) is 0 Å². The summed E-state index contributed by atoms with van der Waals surface area (Å²) in [5, 5.41) is 3.76. The molecule has 2 nitrogen and oxygen atoms in total. The Morgan fingerprint density at radius 3 is 3.00 bits per heavy atom. The summed E-state index contributed by atoms with van der Waals surface area (Å²) in [7, 11) is 0. The number of nitrogens with one attached hydrogen (secondary N) is 1. The van der Waals surface area contributed by atoms with Crippen LogP contribution in [0.2, 0.25) is 5.02 Å². The van der Waals surface area contributed by atoms with Crippen molar-refractivity contribution >= 4 is 11.6 Å². The summed E-state index contributed by atoms with van der Waals surface area (Å²) in [6, 6.07) is 6.20. The maximum absolute atomic E-state index is 14.0. The fourth-order valence-electron chi connectivity index (χ4n) is 2.59. The number of hydrogen-bond donors (Lipinski definition) is 1. The Kier molecular flexibility index (Phi) is 5.20. The molecule has 0 aromatic heterocycles. The summed E-state index contributed by atoms with van der Waals surface area (Å²) in [6.45, 7) is 7.03. The van der Waals surface area contributed by atoms with Gasteiger partial charge in [-0.25, -0.2) is 4.39 Å². The third-order valence-corrected chi connectivity index (χ3v) is 4.26. The second-order valence-electron chi connectivity index (χ2n) is 5.34. The first-order valence-electron chi connectivity index (χ1n) is 7.02. The molecule has 2 rings (SSSR count). The second kappa shape index (κ2) is 6.69. The van der Waals surface area contributed by atoms with Gasteiger partial charge in [-0.3, -0.25) is 4.90 Å². The van der Waals surface area contributed by atoms with Crippen molar-refractivity contribution in [3.05, 3.63) is 34.6 Å². The molecule has 19 heavy (non-hydrogen) atoms. The smallest absolute Gasteiger partial charge is 0.146 e. The molecule has 0 aliphatic carbocycles. The highest BCUT2D eigenvalue weighted by Crippen LogP contribution is 2.21. The summed E-state index contributed by atoms with van der Waals surface area (Å²) in [4.78, 5) is 2.35. The van der Waals surface area contributed by atoms with E-state index in [2.05, 4.69) is 24.1 Å². The van der Waals surface area contributed by atoms with E-state index in [4.69, 9.17) is 11.6 Å². The fraction of sp³-hybridized carbons (Fsp3) is 0.600. The van der Waals surface area contributed by atoms with Gasteiger partial charge in [-0.15, -0.1) is 0 Å². The lowest BCUT2D eigenvalue weighted by atomic mass is 10.1. The molecule has 0 amide bonds. The molecule has 1 fully saturated rings. The summed E-state index contributed by atoms with van der Waals surface area (Å²) in [5.41, 5.74) is 0.691. The fourth-order valence-corrected chi connectivity index (χ4v) is 2.78. The van der Waals surface area contributed by atoms with E-state index in [0.717, 1.165) is 25.9 Å². The molecule has 0 saturated carbocycles. The van der Waals surface area contributed by atoms with Gasteiger partial charge in [0.2, 0.25) is 0 Å². The summed E-state index contributed by atoms with van der Waals surface area (Å²) in [6.07, 6.45) is 2.19. The van der Waals surface area contributed by atoms with E-state index in [1.807, 2.05) is 12.1 Å². The molecular formula is C15H22ClFN2. The van der Waals surface area contributed by atoms with Gasteiger partial charge in [-0.1, -0.05) is 30.7 Å². The molecule has 0 radical (unpaired) electrons. The monoisotopic (exact) mass is 284 g/mol. The SMILES string of the molecule is CCC1CN(Cc2cccc(Cl)c2F)C(C)CCN1. The van der Waals surface area contributed by atoms with Crippen molar-refractivity contribution in [2.24, 2.45) is 0 Å². The van der Waals surface area contributed by atoms with Gasteiger partial charge in [0.25, 0.3) is 0 Å². The quantitative estimate of drug-likeness (QED) is 0.915. The van der Waals surface area contributed by atoms with Crippen molar-refractivity contribution in [2.45, 2.75) is 45.3 Å². The number of benzene rings is 1. The van der Waals surface area contributed by atoms with Crippen molar-refractivity contribution < 1.29 is 4.39 Å². The van der Waals surface area contributed by atoms with Crippen LogP contribution in [0.3, 0.4) is 0 Å². The largest absolute Gasteiger partial charge is 0.313 e. The zero-order valence-corrected chi connectivity index (χ0v) is 12.4. The van der Waals surface area contributed by atoms with Crippen LogP contribution >= 0.6 is 11.6 Å². The lowest BCUT2D eigenvalue weighted by Gasteiger charge is -2.29. The molecule has 0 bridgehead atoms. The molecule has 1 N–H and O–H groups in total. The molecular weight excluding hydrogens is 263 g/mol. The molecule has 0 spiro atoms. The van der Waals surface area contributed by atoms with Crippen molar-refractivity contribution in [1.29, 1.82) is 0 Å². The predicted molar refractivity (Wildman–Crippen MR) is 78.0 cm³/mol. The summed E-state index contributed by atoms with van der Waals surface area (Å²) in [5.74, 6) is -0.276. The summed E-state index contributed by atoms with van der Waals surface area (Å²) >= 11 is 5.85. The molecule has 4 heteroatoms. The Morgan fingerprint density at radius 2 is 2.26 bits per heavy atom. The third kappa shape index (κ3) is 3.68. The van der Waals surface area contributed by atoms with Crippen molar-refractivity contribution in [3.63, 3.8) is 0 Å². The number of nitrogens with zero attached hydrogens (tertiary/aromatic N) is 1. The van der Waals surface area contributed by atoms with Gasteiger partial charge < -0.3 is 5.32 Å². The minimum atomic E-state index is -0.276. The lowest BCUT2D eigenvalue weighted by molar-refractivity contribution is 0.192. The van der Waals surface area contributed by atoms with Crippen molar-refractivity contribution in [3.8, 4) is 0 Å². The molecule has 1 aliphatic rings. The maximum Gasteiger partial charge on any atom is 0.146 e. The first-order valence-corrected chi connectivity index (χ1v) is 7.40.